The number of aliphatic hydroxyl groups excluding tert-OH is 1. The molecule has 0 aliphatic heterocycles. The Labute approximate surface area is 142 Å². The lowest BCUT2D eigenvalue weighted by Gasteiger charge is -2.13. The van der Waals surface area contributed by atoms with Crippen LogP contribution in [0.5, 0.6) is 0 Å². The van der Waals surface area contributed by atoms with Gasteiger partial charge in [0.1, 0.15) is 0 Å². The lowest BCUT2D eigenvalue weighted by Crippen LogP contribution is -2.02. The number of benzene rings is 2. The molecule has 0 spiro atoms. The maximum absolute atomic E-state index is 10.3. The van der Waals surface area contributed by atoms with Gasteiger partial charge in [-0.2, -0.15) is 0 Å². The number of hydrogen-bond acceptors (Lipinski definition) is 1. The van der Waals surface area contributed by atoms with E-state index < -0.39 is 6.10 Å². The Hall–Kier alpha value is 0.130. The Bertz CT molecular complexity index is 581. The van der Waals surface area contributed by atoms with Gasteiger partial charge in [-0.3, -0.25) is 0 Å². The second kappa shape index (κ2) is 6.72. The normalized spacial score (nSPS) is 12.5. The SMILES string of the molecule is OC(Cc1ccc(Br)cc1Cl)c1cc(Br)cc(Br)c1. The first-order chi connectivity index (χ1) is 8.95. The molecule has 0 saturated heterocycles. The highest BCUT2D eigenvalue weighted by Gasteiger charge is 2.12. The van der Waals surface area contributed by atoms with Crippen LogP contribution in [0, 0.1) is 0 Å². The van der Waals surface area contributed by atoms with E-state index in [0.717, 1.165) is 24.5 Å². The predicted octanol–water partition coefficient (Wildman–Crippen LogP) is 5.90. The summed E-state index contributed by atoms with van der Waals surface area (Å²) in [7, 11) is 0. The summed E-state index contributed by atoms with van der Waals surface area (Å²) in [6.07, 6.45) is -0.109. The quantitative estimate of drug-likeness (QED) is 0.593. The smallest absolute Gasteiger partial charge is 0.0831 e. The van der Waals surface area contributed by atoms with E-state index in [1.165, 1.54) is 0 Å². The van der Waals surface area contributed by atoms with Gasteiger partial charge in [-0.1, -0.05) is 65.5 Å². The highest BCUT2D eigenvalue weighted by Crippen LogP contribution is 2.29. The van der Waals surface area contributed by atoms with Crippen LogP contribution in [-0.4, -0.2) is 5.11 Å². The fourth-order valence-electron chi connectivity index (χ4n) is 1.78. The Morgan fingerprint density at radius 3 is 2.16 bits per heavy atom. The molecule has 2 aromatic carbocycles. The summed E-state index contributed by atoms with van der Waals surface area (Å²) < 4.78 is 2.79. The van der Waals surface area contributed by atoms with Crippen LogP contribution < -0.4 is 0 Å². The van der Waals surface area contributed by atoms with Crippen LogP contribution in [0.3, 0.4) is 0 Å². The molecular weight excluding hydrogens is 459 g/mol. The average Bonchev–Trinajstić information content (AvgIpc) is 2.31. The van der Waals surface area contributed by atoms with Crippen molar-refractivity contribution in [1.29, 1.82) is 0 Å². The first-order valence-corrected chi connectivity index (χ1v) is 8.29. The lowest BCUT2D eigenvalue weighted by atomic mass is 10.0. The molecule has 100 valence electrons. The summed E-state index contributed by atoms with van der Waals surface area (Å²) in [6.45, 7) is 0. The summed E-state index contributed by atoms with van der Waals surface area (Å²) in [5.41, 5.74) is 1.77. The minimum absolute atomic E-state index is 0.481. The molecule has 0 amide bonds. The molecule has 1 unspecified atom stereocenters. The minimum Gasteiger partial charge on any atom is -0.388 e. The van der Waals surface area contributed by atoms with Crippen LogP contribution in [0.15, 0.2) is 49.8 Å². The van der Waals surface area contributed by atoms with Crippen molar-refractivity contribution in [2.75, 3.05) is 0 Å². The van der Waals surface area contributed by atoms with E-state index in [2.05, 4.69) is 47.8 Å². The molecule has 2 rings (SSSR count). The van der Waals surface area contributed by atoms with Gasteiger partial charge in [0.15, 0.2) is 0 Å². The third-order valence-electron chi connectivity index (χ3n) is 2.70. The van der Waals surface area contributed by atoms with Crippen LogP contribution in [-0.2, 0) is 6.42 Å². The number of rotatable bonds is 3. The maximum Gasteiger partial charge on any atom is 0.0831 e. The van der Waals surface area contributed by atoms with Gasteiger partial charge in [-0.25, -0.2) is 0 Å². The summed E-state index contributed by atoms with van der Waals surface area (Å²) in [5, 5.41) is 11.0. The Balaban J connectivity index is 2.22. The largest absolute Gasteiger partial charge is 0.388 e. The van der Waals surface area contributed by atoms with Crippen molar-refractivity contribution in [2.45, 2.75) is 12.5 Å². The molecule has 1 N–H and O–H groups in total. The molecule has 0 bridgehead atoms. The number of halogens is 4. The first-order valence-electron chi connectivity index (χ1n) is 5.53. The molecule has 0 aliphatic carbocycles. The van der Waals surface area contributed by atoms with E-state index in [0.29, 0.717) is 11.4 Å². The van der Waals surface area contributed by atoms with Gasteiger partial charge in [0.2, 0.25) is 0 Å². The van der Waals surface area contributed by atoms with Gasteiger partial charge < -0.3 is 5.11 Å². The van der Waals surface area contributed by atoms with Crippen LogP contribution >= 0.6 is 59.4 Å². The maximum atomic E-state index is 10.3. The molecule has 1 nitrogen and oxygen atoms in total. The van der Waals surface area contributed by atoms with E-state index in [9.17, 15) is 5.11 Å². The van der Waals surface area contributed by atoms with Crippen LogP contribution in [0.1, 0.15) is 17.2 Å². The van der Waals surface area contributed by atoms with Crippen molar-refractivity contribution >= 4 is 59.4 Å². The summed E-state index contributed by atoms with van der Waals surface area (Å²) in [6, 6.07) is 11.4. The summed E-state index contributed by atoms with van der Waals surface area (Å²) in [5.74, 6) is 0. The molecule has 0 heterocycles. The molecular formula is C14H10Br3ClO. The van der Waals surface area contributed by atoms with E-state index in [1.807, 2.05) is 36.4 Å². The van der Waals surface area contributed by atoms with Crippen molar-refractivity contribution in [3.05, 3.63) is 66.0 Å². The van der Waals surface area contributed by atoms with Crippen molar-refractivity contribution in [1.82, 2.24) is 0 Å². The Morgan fingerprint density at radius 1 is 0.947 bits per heavy atom. The molecule has 5 heteroatoms. The zero-order chi connectivity index (χ0) is 14.0. The van der Waals surface area contributed by atoms with E-state index >= 15 is 0 Å². The standard InChI is InChI=1S/C14H10Br3ClO/c15-10-2-1-8(13(18)7-10)5-14(19)9-3-11(16)6-12(17)4-9/h1-4,6-7,14,19H,5H2. The number of aliphatic hydroxyl groups is 1. The molecule has 0 saturated carbocycles. The molecule has 1 atom stereocenters. The first kappa shape index (κ1) is 15.5. The minimum atomic E-state index is -0.590. The van der Waals surface area contributed by atoms with Gasteiger partial charge in [0.05, 0.1) is 6.10 Å². The van der Waals surface area contributed by atoms with Crippen LogP contribution in [0.4, 0.5) is 0 Å². The van der Waals surface area contributed by atoms with E-state index in [4.69, 9.17) is 11.6 Å². The summed E-state index contributed by atoms with van der Waals surface area (Å²) in [4.78, 5) is 0. The summed E-state index contributed by atoms with van der Waals surface area (Å²) >= 11 is 16.4. The Morgan fingerprint density at radius 2 is 1.58 bits per heavy atom. The second-order valence-electron chi connectivity index (χ2n) is 4.16. The third-order valence-corrected chi connectivity index (χ3v) is 4.46. The fourth-order valence-corrected chi connectivity index (χ4v) is 3.86. The van der Waals surface area contributed by atoms with Crippen molar-refractivity contribution in [2.24, 2.45) is 0 Å². The van der Waals surface area contributed by atoms with Crippen molar-refractivity contribution in [3.63, 3.8) is 0 Å². The average molecular weight is 469 g/mol. The van der Waals surface area contributed by atoms with Crippen LogP contribution in [0.25, 0.3) is 0 Å². The molecule has 0 fully saturated rings. The van der Waals surface area contributed by atoms with Gasteiger partial charge in [-0.05, 0) is 41.5 Å². The molecule has 0 radical (unpaired) electrons. The van der Waals surface area contributed by atoms with E-state index in [-0.39, 0.29) is 0 Å². The topological polar surface area (TPSA) is 20.2 Å². The van der Waals surface area contributed by atoms with Gasteiger partial charge in [0.25, 0.3) is 0 Å². The zero-order valence-corrected chi connectivity index (χ0v) is 15.2. The molecule has 2 aromatic rings. The molecule has 19 heavy (non-hydrogen) atoms. The highest BCUT2D eigenvalue weighted by molar-refractivity contribution is 9.11. The van der Waals surface area contributed by atoms with E-state index in [1.54, 1.807) is 0 Å². The fraction of sp³-hybridized carbons (Fsp3) is 0.143. The Kier molecular flexibility index (Phi) is 5.49. The third kappa shape index (κ3) is 4.30. The number of hydrogen-bond donors (Lipinski definition) is 1. The molecule has 0 aliphatic rings. The monoisotopic (exact) mass is 466 g/mol. The van der Waals surface area contributed by atoms with Gasteiger partial charge in [0, 0.05) is 24.9 Å². The second-order valence-corrected chi connectivity index (χ2v) is 7.31. The zero-order valence-electron chi connectivity index (χ0n) is 9.71. The van der Waals surface area contributed by atoms with Crippen LogP contribution in [0.2, 0.25) is 5.02 Å². The lowest BCUT2D eigenvalue weighted by molar-refractivity contribution is 0.178. The highest BCUT2D eigenvalue weighted by atomic mass is 79.9. The predicted molar refractivity (Wildman–Crippen MR) is 89.7 cm³/mol. The molecule has 0 aromatic heterocycles. The van der Waals surface area contributed by atoms with Crippen molar-refractivity contribution in [3.8, 4) is 0 Å². The van der Waals surface area contributed by atoms with Crippen molar-refractivity contribution < 1.29 is 5.11 Å². The van der Waals surface area contributed by atoms with Gasteiger partial charge >= 0.3 is 0 Å². The van der Waals surface area contributed by atoms with Gasteiger partial charge in [-0.15, -0.1) is 0 Å².